The predicted molar refractivity (Wildman–Crippen MR) is 145 cm³/mol. The molecule has 186 valence electrons. The fraction of sp³-hybridized carbons (Fsp3) is 0.406. The SMILES string of the molecule is CCCCCOC(C)c1ccc(-c2ccc(C(=O)Oc3ccc(C(CC)CCC)cc3)cc2)cc1. The van der Waals surface area contributed by atoms with Crippen LogP contribution < -0.4 is 4.74 Å². The van der Waals surface area contributed by atoms with Gasteiger partial charge < -0.3 is 9.47 Å². The van der Waals surface area contributed by atoms with Crippen LogP contribution in [0.3, 0.4) is 0 Å². The predicted octanol–water partition coefficient (Wildman–Crippen LogP) is 9.13. The van der Waals surface area contributed by atoms with Crippen LogP contribution in [0.5, 0.6) is 5.75 Å². The van der Waals surface area contributed by atoms with Crippen molar-refractivity contribution in [2.45, 2.75) is 78.2 Å². The van der Waals surface area contributed by atoms with Crippen molar-refractivity contribution in [2.24, 2.45) is 0 Å². The van der Waals surface area contributed by atoms with E-state index in [0.717, 1.165) is 30.6 Å². The first-order valence-corrected chi connectivity index (χ1v) is 13.2. The van der Waals surface area contributed by atoms with Crippen molar-refractivity contribution in [1.82, 2.24) is 0 Å². The molecule has 0 saturated heterocycles. The van der Waals surface area contributed by atoms with Gasteiger partial charge >= 0.3 is 5.97 Å². The summed E-state index contributed by atoms with van der Waals surface area (Å²) in [6, 6.07) is 24.0. The van der Waals surface area contributed by atoms with Crippen molar-refractivity contribution in [3.05, 3.63) is 89.5 Å². The van der Waals surface area contributed by atoms with E-state index in [-0.39, 0.29) is 12.1 Å². The molecule has 3 rings (SSSR count). The fourth-order valence-electron chi connectivity index (χ4n) is 4.38. The first-order chi connectivity index (χ1) is 17.0. The van der Waals surface area contributed by atoms with E-state index in [1.165, 1.54) is 36.8 Å². The normalized spacial score (nSPS) is 12.8. The van der Waals surface area contributed by atoms with Crippen molar-refractivity contribution in [3.63, 3.8) is 0 Å². The Kier molecular flexibility index (Phi) is 10.6. The van der Waals surface area contributed by atoms with E-state index in [1.54, 1.807) is 0 Å². The first-order valence-electron chi connectivity index (χ1n) is 13.2. The Morgan fingerprint density at radius 1 is 0.743 bits per heavy atom. The van der Waals surface area contributed by atoms with Crippen molar-refractivity contribution in [2.75, 3.05) is 6.61 Å². The molecule has 0 aromatic heterocycles. The van der Waals surface area contributed by atoms with E-state index in [4.69, 9.17) is 9.47 Å². The monoisotopic (exact) mass is 472 g/mol. The Balaban J connectivity index is 1.58. The third-order valence-corrected chi connectivity index (χ3v) is 6.64. The van der Waals surface area contributed by atoms with Gasteiger partial charge in [0.1, 0.15) is 5.75 Å². The number of hydrogen-bond donors (Lipinski definition) is 0. The maximum absolute atomic E-state index is 12.7. The number of benzene rings is 3. The van der Waals surface area contributed by atoms with E-state index < -0.39 is 0 Å². The maximum atomic E-state index is 12.7. The van der Waals surface area contributed by atoms with Gasteiger partial charge in [0.05, 0.1) is 11.7 Å². The van der Waals surface area contributed by atoms with Crippen LogP contribution in [-0.4, -0.2) is 12.6 Å². The summed E-state index contributed by atoms with van der Waals surface area (Å²) in [6.07, 6.45) is 7.07. The van der Waals surface area contributed by atoms with Crippen LogP contribution >= 0.6 is 0 Å². The summed E-state index contributed by atoms with van der Waals surface area (Å²) >= 11 is 0. The minimum absolute atomic E-state index is 0.0895. The molecule has 2 unspecified atom stereocenters. The molecular formula is C32H40O3. The van der Waals surface area contributed by atoms with Crippen LogP contribution in [0.15, 0.2) is 72.8 Å². The Bertz CT molecular complexity index is 1020. The molecule has 3 nitrogen and oxygen atoms in total. The molecule has 0 radical (unpaired) electrons. The van der Waals surface area contributed by atoms with Gasteiger partial charge in [0.2, 0.25) is 0 Å². The molecular weight excluding hydrogens is 432 g/mol. The summed E-state index contributed by atoms with van der Waals surface area (Å²) in [5, 5.41) is 0. The Morgan fingerprint density at radius 3 is 1.91 bits per heavy atom. The smallest absolute Gasteiger partial charge is 0.343 e. The molecule has 0 bridgehead atoms. The topological polar surface area (TPSA) is 35.5 Å². The third-order valence-electron chi connectivity index (χ3n) is 6.64. The molecule has 0 spiro atoms. The number of carbonyl (C=O) groups excluding carboxylic acids is 1. The van der Waals surface area contributed by atoms with Gasteiger partial charge in [-0.25, -0.2) is 4.79 Å². The molecule has 0 saturated carbocycles. The number of unbranched alkanes of at least 4 members (excludes halogenated alkanes) is 2. The Labute approximate surface area is 211 Å². The molecule has 3 heteroatoms. The number of carbonyl (C=O) groups is 1. The highest BCUT2D eigenvalue weighted by molar-refractivity contribution is 5.91. The summed E-state index contributed by atoms with van der Waals surface area (Å²) in [6.45, 7) is 9.53. The molecule has 0 aliphatic rings. The number of esters is 1. The zero-order chi connectivity index (χ0) is 25.0. The molecule has 0 fully saturated rings. The minimum atomic E-state index is -0.339. The lowest BCUT2D eigenvalue weighted by Gasteiger charge is -2.15. The van der Waals surface area contributed by atoms with Crippen LogP contribution in [-0.2, 0) is 4.74 Å². The molecule has 2 atom stereocenters. The van der Waals surface area contributed by atoms with Crippen molar-refractivity contribution in [3.8, 4) is 16.9 Å². The van der Waals surface area contributed by atoms with Crippen LogP contribution in [0.1, 0.15) is 99.7 Å². The number of hydrogen-bond acceptors (Lipinski definition) is 3. The lowest BCUT2D eigenvalue weighted by Crippen LogP contribution is -2.08. The standard InChI is InChI=1S/C32H40O3/c1-5-8-9-23-34-24(4)26-11-13-28(14-12-26)29-15-17-30(18-16-29)32(33)35-31-21-19-27(20-22-31)25(7-3)10-6-2/h11-22,24-25H,5-10,23H2,1-4H3. The van der Waals surface area contributed by atoms with Gasteiger partial charge in [-0.15, -0.1) is 0 Å². The van der Waals surface area contributed by atoms with Crippen molar-refractivity contribution in [1.29, 1.82) is 0 Å². The van der Waals surface area contributed by atoms with Crippen LogP contribution in [0.2, 0.25) is 0 Å². The molecule has 0 N–H and O–H groups in total. The van der Waals surface area contributed by atoms with Gasteiger partial charge in [-0.3, -0.25) is 0 Å². The molecule has 3 aromatic carbocycles. The third kappa shape index (κ3) is 7.80. The van der Waals surface area contributed by atoms with Gasteiger partial charge in [0.15, 0.2) is 0 Å². The highest BCUT2D eigenvalue weighted by Crippen LogP contribution is 2.27. The lowest BCUT2D eigenvalue weighted by molar-refractivity contribution is 0.0630. The van der Waals surface area contributed by atoms with Gasteiger partial charge in [-0.2, -0.15) is 0 Å². The summed E-state index contributed by atoms with van der Waals surface area (Å²) < 4.78 is 11.6. The molecule has 0 aliphatic carbocycles. The Morgan fingerprint density at radius 2 is 1.34 bits per heavy atom. The zero-order valence-electron chi connectivity index (χ0n) is 21.8. The summed E-state index contributed by atoms with van der Waals surface area (Å²) in [5.41, 5.74) is 5.20. The van der Waals surface area contributed by atoms with Crippen LogP contribution in [0.4, 0.5) is 0 Å². The zero-order valence-corrected chi connectivity index (χ0v) is 21.8. The van der Waals surface area contributed by atoms with Crippen molar-refractivity contribution >= 4 is 5.97 Å². The molecule has 35 heavy (non-hydrogen) atoms. The average molecular weight is 473 g/mol. The van der Waals surface area contributed by atoms with Crippen LogP contribution in [0, 0.1) is 0 Å². The Hall–Kier alpha value is -2.91. The molecule has 0 amide bonds. The van der Waals surface area contributed by atoms with Gasteiger partial charge in [0.25, 0.3) is 0 Å². The second-order valence-electron chi connectivity index (χ2n) is 9.27. The highest BCUT2D eigenvalue weighted by Gasteiger charge is 2.12. The number of ether oxygens (including phenoxy) is 2. The minimum Gasteiger partial charge on any atom is -0.423 e. The highest BCUT2D eigenvalue weighted by atomic mass is 16.5. The first kappa shape index (κ1) is 26.7. The average Bonchev–Trinajstić information content (AvgIpc) is 2.90. The molecule has 3 aromatic rings. The quantitative estimate of drug-likeness (QED) is 0.141. The molecule has 0 aliphatic heterocycles. The van der Waals surface area contributed by atoms with E-state index in [1.807, 2.05) is 36.4 Å². The number of rotatable bonds is 13. The van der Waals surface area contributed by atoms with Crippen molar-refractivity contribution < 1.29 is 14.3 Å². The second kappa shape index (κ2) is 13.8. The van der Waals surface area contributed by atoms with Gasteiger partial charge in [0, 0.05) is 6.61 Å². The van der Waals surface area contributed by atoms with Gasteiger partial charge in [-0.05, 0) is 78.6 Å². The summed E-state index contributed by atoms with van der Waals surface area (Å²) in [7, 11) is 0. The second-order valence-corrected chi connectivity index (χ2v) is 9.27. The van der Waals surface area contributed by atoms with Gasteiger partial charge in [-0.1, -0.05) is 88.6 Å². The molecule has 0 heterocycles. The van der Waals surface area contributed by atoms with E-state index in [9.17, 15) is 4.79 Å². The summed E-state index contributed by atoms with van der Waals surface area (Å²) in [4.78, 5) is 12.7. The summed E-state index contributed by atoms with van der Waals surface area (Å²) in [5.74, 6) is 0.804. The largest absolute Gasteiger partial charge is 0.423 e. The fourth-order valence-corrected chi connectivity index (χ4v) is 4.38. The van der Waals surface area contributed by atoms with Crippen LogP contribution in [0.25, 0.3) is 11.1 Å². The van der Waals surface area contributed by atoms with E-state index in [0.29, 0.717) is 17.2 Å². The van der Waals surface area contributed by atoms with E-state index >= 15 is 0 Å². The van der Waals surface area contributed by atoms with E-state index in [2.05, 4.69) is 64.1 Å². The lowest BCUT2D eigenvalue weighted by atomic mass is 9.92. The maximum Gasteiger partial charge on any atom is 0.343 e.